The number of amides is 1. The van der Waals surface area contributed by atoms with Crippen molar-refractivity contribution in [3.05, 3.63) is 64.2 Å². The van der Waals surface area contributed by atoms with E-state index < -0.39 is 4.92 Å². The molecule has 0 radical (unpaired) electrons. The van der Waals surface area contributed by atoms with Gasteiger partial charge in [0.1, 0.15) is 0 Å². The van der Waals surface area contributed by atoms with Gasteiger partial charge in [-0.3, -0.25) is 14.9 Å². The van der Waals surface area contributed by atoms with Crippen LogP contribution in [-0.4, -0.2) is 17.6 Å². The number of hydrogen-bond acceptors (Lipinski definition) is 4. The van der Waals surface area contributed by atoms with Gasteiger partial charge in [0.05, 0.1) is 17.2 Å². The molecule has 0 heterocycles. The molecule has 0 saturated carbocycles. The molecule has 108 valence electrons. The zero-order valence-electron chi connectivity index (χ0n) is 11.4. The highest BCUT2D eigenvalue weighted by Gasteiger charge is 2.11. The van der Waals surface area contributed by atoms with E-state index in [1.165, 1.54) is 12.1 Å². The minimum Gasteiger partial charge on any atom is -0.309 e. The van der Waals surface area contributed by atoms with Crippen LogP contribution in [0, 0.1) is 10.1 Å². The number of rotatable bonds is 6. The normalized spacial score (nSPS) is 10.1. The number of nitrogens with zero attached hydrogens (tertiary/aromatic N) is 2. The van der Waals surface area contributed by atoms with Gasteiger partial charge < -0.3 is 4.90 Å². The molecule has 0 saturated heterocycles. The van der Waals surface area contributed by atoms with Gasteiger partial charge in [0.2, 0.25) is 6.41 Å². The third-order valence-electron chi connectivity index (χ3n) is 3.02. The number of nitro groups is 1. The molecule has 21 heavy (non-hydrogen) atoms. The largest absolute Gasteiger partial charge is 0.309 e. The average molecular weight is 302 g/mol. The monoisotopic (exact) mass is 302 g/mol. The lowest BCUT2D eigenvalue weighted by molar-refractivity contribution is -0.384. The maximum Gasteiger partial charge on any atom is 0.269 e. The van der Waals surface area contributed by atoms with E-state index in [0.29, 0.717) is 6.54 Å². The molecule has 6 heteroatoms. The fourth-order valence-corrected chi connectivity index (χ4v) is 2.58. The van der Waals surface area contributed by atoms with Crippen molar-refractivity contribution in [3.63, 3.8) is 0 Å². The van der Waals surface area contributed by atoms with Crippen molar-refractivity contribution in [3.8, 4) is 0 Å². The van der Waals surface area contributed by atoms with E-state index in [-0.39, 0.29) is 5.69 Å². The Hall–Kier alpha value is -2.34. The molecule has 0 aliphatic heterocycles. The first-order valence-corrected chi connectivity index (χ1v) is 7.46. The summed E-state index contributed by atoms with van der Waals surface area (Å²) >= 11 is 1.57. The first-order chi connectivity index (χ1) is 10.2. The maximum absolute atomic E-state index is 11.4. The molecule has 0 atom stereocenters. The van der Waals surface area contributed by atoms with Crippen LogP contribution in [0.4, 0.5) is 11.4 Å². The standard InChI is InChI=1S/C15H14N2O3S/c1-21-15-5-3-2-4-14(15)16(11-18)10-12-6-8-13(9-7-12)17(19)20/h2-9,11H,10H2,1H3. The topological polar surface area (TPSA) is 63.5 Å². The molecule has 0 aromatic heterocycles. The molecule has 0 aliphatic rings. The molecule has 0 fully saturated rings. The lowest BCUT2D eigenvalue weighted by Gasteiger charge is -2.20. The van der Waals surface area contributed by atoms with E-state index >= 15 is 0 Å². The molecule has 0 bridgehead atoms. The molecule has 2 aromatic carbocycles. The van der Waals surface area contributed by atoms with Crippen molar-refractivity contribution in [2.24, 2.45) is 0 Å². The van der Waals surface area contributed by atoms with Crippen molar-refractivity contribution in [2.75, 3.05) is 11.2 Å². The van der Waals surface area contributed by atoms with Gasteiger partial charge in [0, 0.05) is 17.0 Å². The highest BCUT2D eigenvalue weighted by atomic mass is 32.2. The van der Waals surface area contributed by atoms with Crippen molar-refractivity contribution in [1.29, 1.82) is 0 Å². The Bertz CT molecular complexity index is 644. The van der Waals surface area contributed by atoms with Gasteiger partial charge in [0.25, 0.3) is 5.69 Å². The Morgan fingerprint density at radius 1 is 1.19 bits per heavy atom. The lowest BCUT2D eigenvalue weighted by atomic mass is 10.2. The molecule has 5 nitrogen and oxygen atoms in total. The number of para-hydroxylation sites is 1. The van der Waals surface area contributed by atoms with Gasteiger partial charge in [-0.2, -0.15) is 0 Å². The quantitative estimate of drug-likeness (QED) is 0.355. The van der Waals surface area contributed by atoms with Crippen LogP contribution >= 0.6 is 11.8 Å². The fourth-order valence-electron chi connectivity index (χ4n) is 1.97. The second kappa shape index (κ2) is 6.90. The van der Waals surface area contributed by atoms with Gasteiger partial charge >= 0.3 is 0 Å². The highest BCUT2D eigenvalue weighted by molar-refractivity contribution is 7.98. The van der Waals surface area contributed by atoms with Crippen LogP contribution in [0.2, 0.25) is 0 Å². The van der Waals surface area contributed by atoms with Crippen molar-refractivity contribution in [1.82, 2.24) is 0 Å². The maximum atomic E-state index is 11.4. The van der Waals surface area contributed by atoms with E-state index in [0.717, 1.165) is 22.6 Å². The first kappa shape index (κ1) is 15.1. The molecule has 2 rings (SSSR count). The Morgan fingerprint density at radius 2 is 1.86 bits per heavy atom. The van der Waals surface area contributed by atoms with E-state index in [4.69, 9.17) is 0 Å². The Morgan fingerprint density at radius 3 is 2.43 bits per heavy atom. The Labute approximate surface area is 126 Å². The summed E-state index contributed by atoms with van der Waals surface area (Å²) in [6.45, 7) is 0.374. The number of non-ortho nitro benzene ring substituents is 1. The second-order valence-corrected chi connectivity index (χ2v) is 5.18. The summed E-state index contributed by atoms with van der Waals surface area (Å²) in [5, 5.41) is 10.6. The predicted molar refractivity (Wildman–Crippen MR) is 83.6 cm³/mol. The summed E-state index contributed by atoms with van der Waals surface area (Å²) < 4.78 is 0. The summed E-state index contributed by atoms with van der Waals surface area (Å²) in [6.07, 6.45) is 2.73. The van der Waals surface area contributed by atoms with Gasteiger partial charge in [0.15, 0.2) is 0 Å². The molecule has 2 aromatic rings. The highest BCUT2D eigenvalue weighted by Crippen LogP contribution is 2.28. The summed E-state index contributed by atoms with van der Waals surface area (Å²) in [5.74, 6) is 0. The number of benzene rings is 2. The molecular weight excluding hydrogens is 288 g/mol. The SMILES string of the molecule is CSc1ccccc1N(C=O)Cc1ccc([N+](=O)[O-])cc1. The number of nitro benzene ring substituents is 1. The lowest BCUT2D eigenvalue weighted by Crippen LogP contribution is -2.20. The zero-order valence-corrected chi connectivity index (χ0v) is 12.2. The van der Waals surface area contributed by atoms with Crippen molar-refractivity contribution >= 4 is 29.5 Å². The third-order valence-corrected chi connectivity index (χ3v) is 3.81. The van der Waals surface area contributed by atoms with Gasteiger partial charge in [-0.1, -0.05) is 24.3 Å². The molecule has 1 amide bonds. The zero-order chi connectivity index (χ0) is 15.2. The van der Waals surface area contributed by atoms with E-state index in [1.807, 2.05) is 30.5 Å². The van der Waals surface area contributed by atoms with E-state index in [1.54, 1.807) is 28.8 Å². The minimum atomic E-state index is -0.440. The molecule has 0 spiro atoms. The minimum absolute atomic E-state index is 0.0425. The van der Waals surface area contributed by atoms with Gasteiger partial charge in [-0.15, -0.1) is 11.8 Å². The van der Waals surface area contributed by atoms with Gasteiger partial charge in [-0.25, -0.2) is 0 Å². The predicted octanol–water partition coefficient (Wildman–Crippen LogP) is 3.48. The molecular formula is C15H14N2O3S. The van der Waals surface area contributed by atoms with E-state index in [9.17, 15) is 14.9 Å². The summed E-state index contributed by atoms with van der Waals surface area (Å²) in [4.78, 5) is 24.1. The second-order valence-electron chi connectivity index (χ2n) is 4.33. The first-order valence-electron chi connectivity index (χ1n) is 6.24. The third kappa shape index (κ3) is 3.61. The Kier molecular flexibility index (Phi) is 4.94. The van der Waals surface area contributed by atoms with Crippen LogP contribution in [0.15, 0.2) is 53.4 Å². The molecule has 0 N–H and O–H groups in total. The van der Waals surface area contributed by atoms with Crippen LogP contribution < -0.4 is 4.90 Å². The summed E-state index contributed by atoms with van der Waals surface area (Å²) in [5.41, 5.74) is 1.71. The van der Waals surface area contributed by atoms with Crippen LogP contribution in [0.25, 0.3) is 0 Å². The molecule has 0 unspecified atom stereocenters. The summed E-state index contributed by atoms with van der Waals surface area (Å²) in [7, 11) is 0. The van der Waals surface area contributed by atoms with Crippen LogP contribution in [-0.2, 0) is 11.3 Å². The van der Waals surface area contributed by atoms with Gasteiger partial charge in [-0.05, 0) is 24.0 Å². The molecule has 0 aliphatic carbocycles. The Balaban J connectivity index is 2.22. The number of thioether (sulfide) groups is 1. The average Bonchev–Trinajstić information content (AvgIpc) is 2.53. The summed E-state index contributed by atoms with van der Waals surface area (Å²) in [6, 6.07) is 13.8. The van der Waals surface area contributed by atoms with Crippen molar-refractivity contribution in [2.45, 2.75) is 11.4 Å². The van der Waals surface area contributed by atoms with Crippen LogP contribution in [0.5, 0.6) is 0 Å². The van der Waals surface area contributed by atoms with Crippen LogP contribution in [0.3, 0.4) is 0 Å². The van der Waals surface area contributed by atoms with Crippen molar-refractivity contribution < 1.29 is 9.72 Å². The number of carbonyl (C=O) groups is 1. The number of carbonyl (C=O) groups excluding carboxylic acids is 1. The number of hydrogen-bond donors (Lipinski definition) is 0. The smallest absolute Gasteiger partial charge is 0.269 e. The fraction of sp³-hybridized carbons (Fsp3) is 0.133. The number of anilines is 1. The van der Waals surface area contributed by atoms with E-state index in [2.05, 4.69) is 0 Å². The van der Waals surface area contributed by atoms with Crippen LogP contribution in [0.1, 0.15) is 5.56 Å².